The van der Waals surface area contributed by atoms with Crippen molar-refractivity contribution >= 4 is 39.7 Å². The van der Waals surface area contributed by atoms with Crippen LogP contribution in [0.25, 0.3) is 0 Å². The number of nitrogens with zero attached hydrogens (tertiary/aromatic N) is 3. The first kappa shape index (κ1) is 26.5. The molecule has 192 valence electrons. The highest BCUT2D eigenvalue weighted by Gasteiger charge is 2.33. The second-order valence-corrected chi connectivity index (χ2v) is 7.89. The molecule has 9 nitrogen and oxygen atoms in total. The number of hydrogen-bond donors (Lipinski definition) is 2. The number of aromatic nitrogens is 2. The van der Waals surface area contributed by atoms with E-state index >= 15 is 0 Å². The number of amides is 1. The normalized spacial score (nSPS) is 12.3. The summed E-state index contributed by atoms with van der Waals surface area (Å²) in [6, 6.07) is 3.35. The van der Waals surface area contributed by atoms with Crippen LogP contribution in [-0.4, -0.2) is 40.7 Å². The van der Waals surface area contributed by atoms with Crippen molar-refractivity contribution in [2.75, 3.05) is 10.6 Å². The minimum atomic E-state index is -5.14. The molecule has 3 aromatic rings. The number of primary amides is 1. The lowest BCUT2D eigenvalue weighted by Crippen LogP contribution is -2.40. The number of halogens is 6. The summed E-state index contributed by atoms with van der Waals surface area (Å²) in [6.45, 7) is -1.80. The van der Waals surface area contributed by atoms with Gasteiger partial charge in [0.05, 0.1) is 0 Å². The Kier molecular flexibility index (Phi) is 7.57. The highest BCUT2D eigenvalue weighted by Crippen LogP contribution is 2.38. The number of alkyl halides is 5. The first-order valence-electron chi connectivity index (χ1n) is 9.62. The minimum Gasteiger partial charge on any atom is -0.417 e. The van der Waals surface area contributed by atoms with Crippen molar-refractivity contribution in [3.63, 3.8) is 0 Å². The fraction of sp³-hybridized carbons (Fsp3) is 0.200. The summed E-state index contributed by atoms with van der Waals surface area (Å²) >= 11 is 0.666. The number of thiazole rings is 1. The SMILES string of the molecule is C[C@H](C(N)=O)N(c1ccc(OC(F)(F)F)c(F)c1)c1nc(N)c(C(=O)c2ccc(OC(F)F)nc2)s1. The van der Waals surface area contributed by atoms with Gasteiger partial charge in [0.15, 0.2) is 16.7 Å². The van der Waals surface area contributed by atoms with Crippen molar-refractivity contribution in [3.8, 4) is 11.6 Å². The summed E-state index contributed by atoms with van der Waals surface area (Å²) in [5.74, 6) is -4.86. The predicted octanol–water partition coefficient (Wildman–Crippen LogP) is 4.00. The average molecular weight is 535 g/mol. The molecule has 1 amide bonds. The molecule has 4 N–H and O–H groups in total. The summed E-state index contributed by atoms with van der Waals surface area (Å²) < 4.78 is 84.0. The molecule has 36 heavy (non-hydrogen) atoms. The van der Waals surface area contributed by atoms with Crippen LogP contribution in [0.15, 0.2) is 36.5 Å². The van der Waals surface area contributed by atoms with Gasteiger partial charge in [0, 0.05) is 29.6 Å². The number of benzene rings is 1. The maximum atomic E-state index is 14.3. The van der Waals surface area contributed by atoms with E-state index in [9.17, 15) is 35.9 Å². The van der Waals surface area contributed by atoms with Crippen molar-refractivity contribution in [1.29, 1.82) is 0 Å². The van der Waals surface area contributed by atoms with E-state index < -0.39 is 48.2 Å². The molecule has 2 aromatic heterocycles. The number of ether oxygens (including phenoxy) is 2. The van der Waals surface area contributed by atoms with E-state index in [1.807, 2.05) is 0 Å². The lowest BCUT2D eigenvalue weighted by molar-refractivity contribution is -0.275. The van der Waals surface area contributed by atoms with Crippen molar-refractivity contribution in [2.45, 2.75) is 25.9 Å². The molecule has 0 aliphatic carbocycles. The monoisotopic (exact) mass is 535 g/mol. The highest BCUT2D eigenvalue weighted by atomic mass is 32.1. The molecule has 0 saturated heterocycles. The van der Waals surface area contributed by atoms with Gasteiger partial charge in [-0.05, 0) is 25.1 Å². The maximum Gasteiger partial charge on any atom is 0.573 e. The third kappa shape index (κ3) is 6.12. The maximum absolute atomic E-state index is 14.3. The van der Waals surface area contributed by atoms with Crippen molar-refractivity contribution in [2.24, 2.45) is 5.73 Å². The summed E-state index contributed by atoms with van der Waals surface area (Å²) in [5.41, 5.74) is 11.0. The topological polar surface area (TPSA) is 134 Å². The van der Waals surface area contributed by atoms with Gasteiger partial charge in [-0.25, -0.2) is 14.4 Å². The molecule has 0 aliphatic rings. The third-order valence-corrected chi connectivity index (χ3v) is 5.55. The Morgan fingerprint density at radius 3 is 2.39 bits per heavy atom. The number of rotatable bonds is 9. The van der Waals surface area contributed by atoms with Crippen molar-refractivity contribution in [3.05, 3.63) is 52.8 Å². The fourth-order valence-electron chi connectivity index (χ4n) is 2.87. The molecule has 0 bridgehead atoms. The van der Waals surface area contributed by atoms with Crippen LogP contribution in [0.2, 0.25) is 0 Å². The molecule has 16 heteroatoms. The molecule has 0 fully saturated rings. The van der Waals surface area contributed by atoms with Crippen molar-refractivity contribution in [1.82, 2.24) is 9.97 Å². The van der Waals surface area contributed by atoms with Gasteiger partial charge in [-0.15, -0.1) is 13.2 Å². The number of carbonyl (C=O) groups is 2. The highest BCUT2D eigenvalue weighted by molar-refractivity contribution is 7.18. The van der Waals surface area contributed by atoms with E-state index in [1.165, 1.54) is 6.92 Å². The molecule has 2 heterocycles. The van der Waals surface area contributed by atoms with E-state index in [4.69, 9.17) is 11.5 Å². The number of nitrogens with two attached hydrogens (primary N) is 2. The Morgan fingerprint density at radius 2 is 1.86 bits per heavy atom. The molecule has 0 unspecified atom stereocenters. The van der Waals surface area contributed by atoms with Gasteiger partial charge in [0.2, 0.25) is 17.6 Å². The van der Waals surface area contributed by atoms with Crippen molar-refractivity contribution < 1.29 is 45.4 Å². The lowest BCUT2D eigenvalue weighted by Gasteiger charge is -2.27. The fourth-order valence-corrected chi connectivity index (χ4v) is 3.92. The minimum absolute atomic E-state index is 0.0623. The first-order chi connectivity index (χ1) is 16.8. The molecule has 0 spiro atoms. The molecular formula is C20H15F6N5O4S. The van der Waals surface area contributed by atoms with Crippen LogP contribution < -0.4 is 25.8 Å². The Hall–Kier alpha value is -4.08. The van der Waals surface area contributed by atoms with Gasteiger partial charge in [0.1, 0.15) is 16.7 Å². The second kappa shape index (κ2) is 10.3. The van der Waals surface area contributed by atoms with E-state index in [0.29, 0.717) is 23.5 Å². The predicted molar refractivity (Wildman–Crippen MR) is 115 cm³/mol. The van der Waals surface area contributed by atoms with Gasteiger partial charge >= 0.3 is 13.0 Å². The number of pyridine rings is 1. The zero-order valence-corrected chi connectivity index (χ0v) is 18.7. The molecule has 1 atom stereocenters. The molecule has 0 radical (unpaired) electrons. The van der Waals surface area contributed by atoms with Gasteiger partial charge in [0.25, 0.3) is 0 Å². The van der Waals surface area contributed by atoms with Gasteiger partial charge in [-0.3, -0.25) is 9.59 Å². The van der Waals surface area contributed by atoms with Crippen LogP contribution in [0.5, 0.6) is 11.6 Å². The van der Waals surface area contributed by atoms with Crippen LogP contribution in [0.1, 0.15) is 22.2 Å². The molecule has 0 aliphatic heterocycles. The van der Waals surface area contributed by atoms with Crippen LogP contribution in [0.4, 0.5) is 43.0 Å². The quantitative estimate of drug-likeness (QED) is 0.310. The second-order valence-electron chi connectivity index (χ2n) is 6.91. The summed E-state index contributed by atoms with van der Waals surface area (Å²) in [4.78, 5) is 33.3. The Morgan fingerprint density at radius 1 is 1.17 bits per heavy atom. The number of anilines is 3. The van der Waals surface area contributed by atoms with E-state index in [0.717, 1.165) is 29.3 Å². The smallest absolute Gasteiger partial charge is 0.417 e. The average Bonchev–Trinajstić information content (AvgIpc) is 3.15. The Bertz CT molecular complexity index is 1270. The zero-order chi connectivity index (χ0) is 26.8. The van der Waals surface area contributed by atoms with E-state index in [1.54, 1.807) is 0 Å². The number of hydrogen-bond acceptors (Lipinski definition) is 9. The van der Waals surface area contributed by atoms with Gasteiger partial charge < -0.3 is 25.8 Å². The first-order valence-corrected chi connectivity index (χ1v) is 10.4. The molecular weight excluding hydrogens is 520 g/mol. The molecule has 1 aromatic carbocycles. The van der Waals surface area contributed by atoms with Gasteiger partial charge in [-0.2, -0.15) is 8.78 Å². The lowest BCUT2D eigenvalue weighted by atomic mass is 10.1. The number of ketones is 1. The zero-order valence-electron chi connectivity index (χ0n) is 17.9. The third-order valence-electron chi connectivity index (χ3n) is 4.48. The Labute approximate surface area is 202 Å². The van der Waals surface area contributed by atoms with Crippen LogP contribution >= 0.6 is 11.3 Å². The van der Waals surface area contributed by atoms with E-state index in [-0.39, 0.29) is 27.1 Å². The standard InChI is InChI=1S/C20H15F6N5O4S/c1-8(17(28)33)31(10-3-4-12(11(21)6-10)35-20(24,25)26)19-30-16(27)15(36-19)14(32)9-2-5-13(29-7-9)34-18(22)23/h2-8,18H,27H2,1H3,(H2,28,33)/t8-/m1/s1. The summed E-state index contributed by atoms with van der Waals surface area (Å²) in [6.07, 6.45) is -4.17. The van der Waals surface area contributed by atoms with Gasteiger partial charge in [-0.1, -0.05) is 11.3 Å². The number of nitrogen functional groups attached to an aromatic ring is 1. The molecule has 3 rings (SSSR count). The number of carbonyl (C=O) groups excluding carboxylic acids is 2. The van der Waals surface area contributed by atoms with E-state index in [2.05, 4.69) is 19.4 Å². The van der Waals surface area contributed by atoms with Crippen LogP contribution in [-0.2, 0) is 4.79 Å². The molecule has 0 saturated carbocycles. The van der Waals surface area contributed by atoms with Crippen LogP contribution in [0.3, 0.4) is 0 Å². The largest absolute Gasteiger partial charge is 0.573 e. The summed E-state index contributed by atoms with van der Waals surface area (Å²) in [5, 5.41) is -0.114. The summed E-state index contributed by atoms with van der Waals surface area (Å²) in [7, 11) is 0. The Balaban J connectivity index is 1.97. The van der Waals surface area contributed by atoms with Crippen LogP contribution in [0, 0.1) is 5.82 Å².